The van der Waals surface area contributed by atoms with Crippen molar-refractivity contribution in [3.8, 4) is 0 Å². The van der Waals surface area contributed by atoms with Crippen LogP contribution >= 0.6 is 0 Å². The van der Waals surface area contributed by atoms with Gasteiger partial charge in [-0.3, -0.25) is 14.6 Å². The molecule has 2 aliphatic rings. The third-order valence-electron chi connectivity index (χ3n) is 5.95. The second-order valence-electron chi connectivity index (χ2n) is 8.13. The van der Waals surface area contributed by atoms with E-state index >= 15 is 0 Å². The lowest BCUT2D eigenvalue weighted by atomic mass is 10.0. The average molecular weight is 412 g/mol. The molecule has 1 unspecified atom stereocenters. The van der Waals surface area contributed by atoms with E-state index in [-0.39, 0.29) is 29.2 Å². The average Bonchev–Trinajstić information content (AvgIpc) is 3.29. The molecule has 2 aliphatic heterocycles. The van der Waals surface area contributed by atoms with E-state index in [1.165, 1.54) is 0 Å². The fourth-order valence-corrected chi connectivity index (χ4v) is 4.16. The van der Waals surface area contributed by atoms with Crippen LogP contribution < -0.4 is 5.56 Å². The van der Waals surface area contributed by atoms with Crippen molar-refractivity contribution >= 4 is 5.91 Å². The van der Waals surface area contributed by atoms with E-state index < -0.39 is 0 Å². The second kappa shape index (κ2) is 9.53. The summed E-state index contributed by atoms with van der Waals surface area (Å²) in [5, 5.41) is 0. The van der Waals surface area contributed by atoms with E-state index in [0.29, 0.717) is 26.2 Å². The Hall–Kier alpha value is -2.51. The lowest BCUT2D eigenvalue weighted by Crippen LogP contribution is -2.44. The Morgan fingerprint density at radius 3 is 2.80 bits per heavy atom. The van der Waals surface area contributed by atoms with E-state index in [0.717, 1.165) is 43.4 Å². The molecule has 0 radical (unpaired) electrons. The minimum Gasteiger partial charge on any atom is -0.376 e. The number of nitrogens with zero attached hydrogens (tertiary/aromatic N) is 3. The number of carbonyl (C=O) groups is 1. The molecule has 1 amide bonds. The van der Waals surface area contributed by atoms with Crippen LogP contribution in [0.4, 0.5) is 0 Å². The molecule has 4 rings (SSSR count). The Labute approximate surface area is 176 Å². The summed E-state index contributed by atoms with van der Waals surface area (Å²) in [6, 6.07) is 5.74. The summed E-state index contributed by atoms with van der Waals surface area (Å²) in [5.74, 6) is -0.176. The van der Waals surface area contributed by atoms with Gasteiger partial charge in [0, 0.05) is 38.3 Å². The Balaban J connectivity index is 1.37. The fraction of sp³-hybridized carbons (Fsp3) is 0.522. The van der Waals surface area contributed by atoms with Crippen LogP contribution in [0.5, 0.6) is 0 Å². The fourth-order valence-electron chi connectivity index (χ4n) is 4.16. The Kier molecular flexibility index (Phi) is 6.59. The minimum absolute atomic E-state index is 0.0565. The summed E-state index contributed by atoms with van der Waals surface area (Å²) in [4.78, 5) is 32.0. The van der Waals surface area contributed by atoms with Gasteiger partial charge >= 0.3 is 0 Å². The van der Waals surface area contributed by atoms with Gasteiger partial charge in [-0.2, -0.15) is 0 Å². The largest absolute Gasteiger partial charge is 0.376 e. The Morgan fingerprint density at radius 2 is 2.10 bits per heavy atom. The predicted molar refractivity (Wildman–Crippen MR) is 112 cm³/mol. The van der Waals surface area contributed by atoms with Gasteiger partial charge < -0.3 is 18.9 Å². The first kappa shape index (κ1) is 20.8. The second-order valence-corrected chi connectivity index (χ2v) is 8.13. The number of hydrogen-bond donors (Lipinski definition) is 0. The Bertz CT molecular complexity index is 914. The summed E-state index contributed by atoms with van der Waals surface area (Å²) in [6.45, 7) is 4.79. The highest BCUT2D eigenvalue weighted by Gasteiger charge is 2.27. The first-order valence-electron chi connectivity index (χ1n) is 10.7. The summed E-state index contributed by atoms with van der Waals surface area (Å²) in [6.07, 6.45) is 9.00. The quantitative estimate of drug-likeness (QED) is 0.730. The van der Waals surface area contributed by atoms with Crippen LogP contribution in [-0.2, 0) is 22.6 Å². The van der Waals surface area contributed by atoms with E-state index in [4.69, 9.17) is 9.47 Å². The SMILES string of the molecule is Cc1ccn(CC2CCCO2)c(=O)c1C(=O)N1CCC(OCc2cccnc2)CC1. The molecule has 0 aromatic carbocycles. The van der Waals surface area contributed by atoms with E-state index in [1.807, 2.05) is 25.1 Å². The van der Waals surface area contributed by atoms with Gasteiger partial charge in [-0.05, 0) is 55.9 Å². The highest BCUT2D eigenvalue weighted by Crippen LogP contribution is 2.19. The molecule has 0 aliphatic carbocycles. The van der Waals surface area contributed by atoms with Crippen LogP contribution in [0.25, 0.3) is 0 Å². The van der Waals surface area contributed by atoms with Crippen molar-refractivity contribution in [3.05, 3.63) is 63.8 Å². The maximum Gasteiger partial charge on any atom is 0.263 e. The van der Waals surface area contributed by atoms with Crippen LogP contribution in [0.15, 0.2) is 41.6 Å². The normalized spacial score (nSPS) is 19.9. The summed E-state index contributed by atoms with van der Waals surface area (Å²) < 4.78 is 13.3. The molecule has 2 saturated heterocycles. The number of likely N-dealkylation sites (tertiary alicyclic amines) is 1. The zero-order chi connectivity index (χ0) is 20.9. The highest BCUT2D eigenvalue weighted by atomic mass is 16.5. The van der Waals surface area contributed by atoms with Crippen molar-refractivity contribution in [2.45, 2.75) is 58.0 Å². The van der Waals surface area contributed by atoms with Gasteiger partial charge in [0.1, 0.15) is 5.56 Å². The molecule has 0 N–H and O–H groups in total. The van der Waals surface area contributed by atoms with Crippen LogP contribution in [0.2, 0.25) is 0 Å². The summed E-state index contributed by atoms with van der Waals surface area (Å²) >= 11 is 0. The third-order valence-corrected chi connectivity index (χ3v) is 5.95. The number of ether oxygens (including phenoxy) is 2. The lowest BCUT2D eigenvalue weighted by molar-refractivity contribution is -0.000548. The van der Waals surface area contributed by atoms with Crippen molar-refractivity contribution in [1.82, 2.24) is 14.5 Å². The van der Waals surface area contributed by atoms with Gasteiger partial charge in [0.2, 0.25) is 0 Å². The van der Waals surface area contributed by atoms with Crippen LogP contribution in [0.3, 0.4) is 0 Å². The summed E-state index contributed by atoms with van der Waals surface area (Å²) in [5.41, 5.74) is 1.84. The molecule has 2 aromatic heterocycles. The van der Waals surface area contributed by atoms with Crippen LogP contribution in [-0.4, -0.2) is 52.3 Å². The smallest absolute Gasteiger partial charge is 0.263 e. The number of pyridine rings is 2. The van der Waals surface area contributed by atoms with Gasteiger partial charge in [0.15, 0.2) is 0 Å². The van der Waals surface area contributed by atoms with Crippen molar-refractivity contribution in [1.29, 1.82) is 0 Å². The standard InChI is InChI=1S/C23H29N3O4/c1-17-6-10-26(15-20-5-3-13-29-20)23(28)21(17)22(27)25-11-7-19(8-12-25)30-16-18-4-2-9-24-14-18/h2,4,6,9-10,14,19-20H,3,5,7-8,11-13,15-16H2,1H3. The first-order valence-corrected chi connectivity index (χ1v) is 10.7. The van der Waals surface area contributed by atoms with Gasteiger partial charge in [0.05, 0.1) is 25.4 Å². The minimum atomic E-state index is -0.217. The number of hydrogen-bond acceptors (Lipinski definition) is 5. The molecule has 2 fully saturated rings. The van der Waals surface area contributed by atoms with Gasteiger partial charge in [-0.1, -0.05) is 6.07 Å². The van der Waals surface area contributed by atoms with Crippen molar-refractivity contribution < 1.29 is 14.3 Å². The zero-order valence-corrected chi connectivity index (χ0v) is 17.5. The van der Waals surface area contributed by atoms with E-state index in [1.54, 1.807) is 28.1 Å². The molecular formula is C23H29N3O4. The first-order chi connectivity index (χ1) is 14.6. The van der Waals surface area contributed by atoms with Gasteiger partial charge in [-0.15, -0.1) is 0 Å². The van der Waals surface area contributed by atoms with Crippen molar-refractivity contribution in [3.63, 3.8) is 0 Å². The van der Waals surface area contributed by atoms with Crippen molar-refractivity contribution in [2.24, 2.45) is 0 Å². The van der Waals surface area contributed by atoms with Gasteiger partial charge in [-0.25, -0.2) is 0 Å². The monoisotopic (exact) mass is 411 g/mol. The van der Waals surface area contributed by atoms with E-state index in [9.17, 15) is 9.59 Å². The number of carbonyl (C=O) groups excluding carboxylic acids is 1. The Morgan fingerprint density at radius 1 is 1.27 bits per heavy atom. The molecule has 2 aromatic rings. The topological polar surface area (TPSA) is 73.7 Å². The van der Waals surface area contributed by atoms with Crippen molar-refractivity contribution in [2.75, 3.05) is 19.7 Å². The molecule has 0 saturated carbocycles. The number of rotatable bonds is 6. The molecule has 1 atom stereocenters. The molecule has 7 nitrogen and oxygen atoms in total. The zero-order valence-electron chi connectivity index (χ0n) is 17.5. The molecule has 4 heterocycles. The van der Waals surface area contributed by atoms with Crippen LogP contribution in [0, 0.1) is 6.92 Å². The van der Waals surface area contributed by atoms with Crippen LogP contribution in [0.1, 0.15) is 47.2 Å². The number of aromatic nitrogens is 2. The van der Waals surface area contributed by atoms with Gasteiger partial charge in [0.25, 0.3) is 11.5 Å². The number of aryl methyl sites for hydroxylation is 1. The highest BCUT2D eigenvalue weighted by molar-refractivity contribution is 5.95. The molecule has 7 heteroatoms. The maximum atomic E-state index is 13.1. The number of amides is 1. The molecule has 30 heavy (non-hydrogen) atoms. The third kappa shape index (κ3) is 4.79. The number of piperidine rings is 1. The maximum absolute atomic E-state index is 13.1. The van der Waals surface area contributed by atoms with E-state index in [2.05, 4.69) is 4.98 Å². The molecule has 0 spiro atoms. The lowest BCUT2D eigenvalue weighted by Gasteiger charge is -2.32. The molecular weight excluding hydrogens is 382 g/mol. The molecule has 0 bridgehead atoms. The predicted octanol–water partition coefficient (Wildman–Crippen LogP) is 2.55. The molecule has 160 valence electrons. The summed E-state index contributed by atoms with van der Waals surface area (Å²) in [7, 11) is 0.